The Hall–Kier alpha value is -2.94. The van der Waals surface area contributed by atoms with Gasteiger partial charge in [0, 0.05) is 6.07 Å². The molecular weight excluding hydrogens is 360 g/mol. The van der Waals surface area contributed by atoms with Crippen LogP contribution in [-0.2, 0) is 26.0 Å². The fourth-order valence-electron chi connectivity index (χ4n) is 2.34. The summed E-state index contributed by atoms with van der Waals surface area (Å²) in [4.78, 5) is 21.7. The highest BCUT2D eigenvalue weighted by Gasteiger charge is 2.33. The molecule has 0 fully saturated rings. The van der Waals surface area contributed by atoms with Crippen LogP contribution in [0.15, 0.2) is 53.4 Å². The summed E-state index contributed by atoms with van der Waals surface area (Å²) in [6.07, 6.45) is 0.758. The number of para-hydroxylation sites is 1. The zero-order valence-electron chi connectivity index (χ0n) is 14.3. The molecule has 0 saturated carbocycles. The number of anilines is 1. The highest BCUT2D eigenvalue weighted by Crippen LogP contribution is 2.30. The molecule has 8 nitrogen and oxygen atoms in total. The molecule has 2 aromatic carbocycles. The molecule has 26 heavy (non-hydrogen) atoms. The van der Waals surface area contributed by atoms with Gasteiger partial charge in [-0.15, -0.1) is 0 Å². The number of aryl methyl sites for hydroxylation is 1. The molecule has 0 unspecified atom stereocenters. The van der Waals surface area contributed by atoms with E-state index >= 15 is 0 Å². The Morgan fingerprint density at radius 1 is 1.15 bits per heavy atom. The van der Waals surface area contributed by atoms with Crippen LogP contribution in [0, 0.1) is 10.1 Å². The largest absolute Gasteiger partial charge is 0.468 e. The molecule has 0 saturated heterocycles. The van der Waals surface area contributed by atoms with E-state index in [0.29, 0.717) is 0 Å². The van der Waals surface area contributed by atoms with Gasteiger partial charge in [0.25, 0.3) is 15.7 Å². The SMILES string of the molecule is CCc1ccc(N(CC(=O)OC)S(=O)(=O)c2ccccc2[N+](=O)[O-])cc1. The fourth-order valence-corrected chi connectivity index (χ4v) is 3.91. The predicted octanol–water partition coefficient (Wildman–Crippen LogP) is 2.53. The van der Waals surface area contributed by atoms with E-state index in [2.05, 4.69) is 4.74 Å². The van der Waals surface area contributed by atoms with E-state index in [4.69, 9.17) is 0 Å². The molecule has 0 heterocycles. The minimum Gasteiger partial charge on any atom is -0.468 e. The van der Waals surface area contributed by atoms with Crippen LogP contribution in [0.2, 0.25) is 0 Å². The van der Waals surface area contributed by atoms with E-state index in [0.717, 1.165) is 35.5 Å². The summed E-state index contributed by atoms with van der Waals surface area (Å²) in [5.41, 5.74) is 0.633. The molecular formula is C17H18N2O6S. The van der Waals surface area contributed by atoms with Gasteiger partial charge in [0.2, 0.25) is 0 Å². The molecule has 2 rings (SSSR count). The molecule has 0 N–H and O–H groups in total. The molecule has 0 aromatic heterocycles. The third-order valence-electron chi connectivity index (χ3n) is 3.76. The number of benzene rings is 2. The van der Waals surface area contributed by atoms with Gasteiger partial charge in [-0.3, -0.25) is 19.2 Å². The Balaban J connectivity index is 2.60. The summed E-state index contributed by atoms with van der Waals surface area (Å²) in [7, 11) is -3.23. The lowest BCUT2D eigenvalue weighted by atomic mass is 10.1. The average molecular weight is 378 g/mol. The number of sulfonamides is 1. The second kappa shape index (κ2) is 7.96. The number of nitro benzene ring substituents is 1. The topological polar surface area (TPSA) is 107 Å². The molecule has 0 spiro atoms. The molecule has 2 aromatic rings. The Bertz CT molecular complexity index is 909. The van der Waals surface area contributed by atoms with Gasteiger partial charge in [-0.25, -0.2) is 8.42 Å². The Labute approximate surface area is 151 Å². The van der Waals surface area contributed by atoms with Gasteiger partial charge >= 0.3 is 5.97 Å². The first-order chi connectivity index (χ1) is 12.3. The van der Waals surface area contributed by atoms with Crippen LogP contribution >= 0.6 is 0 Å². The van der Waals surface area contributed by atoms with Crippen LogP contribution in [0.5, 0.6) is 0 Å². The van der Waals surface area contributed by atoms with Crippen molar-refractivity contribution in [2.45, 2.75) is 18.2 Å². The first-order valence-electron chi connectivity index (χ1n) is 7.73. The van der Waals surface area contributed by atoms with Crippen LogP contribution in [0.1, 0.15) is 12.5 Å². The molecule has 0 atom stereocenters. The van der Waals surface area contributed by atoms with Gasteiger partial charge in [0.1, 0.15) is 6.54 Å². The van der Waals surface area contributed by atoms with Crippen molar-refractivity contribution in [1.82, 2.24) is 0 Å². The van der Waals surface area contributed by atoms with Crippen LogP contribution < -0.4 is 4.31 Å². The Morgan fingerprint density at radius 2 is 1.77 bits per heavy atom. The Morgan fingerprint density at radius 3 is 2.31 bits per heavy atom. The van der Waals surface area contributed by atoms with Crippen molar-refractivity contribution in [2.24, 2.45) is 0 Å². The highest BCUT2D eigenvalue weighted by molar-refractivity contribution is 7.93. The van der Waals surface area contributed by atoms with Crippen molar-refractivity contribution in [3.63, 3.8) is 0 Å². The number of methoxy groups -OCH3 is 1. The zero-order chi connectivity index (χ0) is 19.3. The summed E-state index contributed by atoms with van der Waals surface area (Å²) in [6.45, 7) is 1.35. The minimum absolute atomic E-state index is 0.214. The number of carbonyl (C=O) groups is 1. The maximum atomic E-state index is 13.1. The maximum absolute atomic E-state index is 13.1. The number of rotatable bonds is 7. The van der Waals surface area contributed by atoms with E-state index in [9.17, 15) is 23.3 Å². The van der Waals surface area contributed by atoms with E-state index in [1.807, 2.05) is 6.92 Å². The summed E-state index contributed by atoms with van der Waals surface area (Å²) in [6, 6.07) is 11.6. The molecule has 0 amide bonds. The van der Waals surface area contributed by atoms with Gasteiger partial charge in [0.05, 0.1) is 17.7 Å². The monoisotopic (exact) mass is 378 g/mol. The van der Waals surface area contributed by atoms with Crippen molar-refractivity contribution in [1.29, 1.82) is 0 Å². The first kappa shape index (κ1) is 19.4. The normalized spacial score (nSPS) is 11.0. The predicted molar refractivity (Wildman–Crippen MR) is 95.5 cm³/mol. The smallest absolute Gasteiger partial charge is 0.326 e. The number of nitro groups is 1. The number of hydrogen-bond acceptors (Lipinski definition) is 6. The van der Waals surface area contributed by atoms with Gasteiger partial charge < -0.3 is 4.74 Å². The van der Waals surface area contributed by atoms with Crippen LogP contribution in [-0.4, -0.2) is 33.0 Å². The highest BCUT2D eigenvalue weighted by atomic mass is 32.2. The molecule has 0 aliphatic rings. The maximum Gasteiger partial charge on any atom is 0.326 e. The molecule has 0 aliphatic heterocycles. The molecule has 0 bridgehead atoms. The van der Waals surface area contributed by atoms with Crippen LogP contribution in [0.4, 0.5) is 11.4 Å². The van der Waals surface area contributed by atoms with Crippen molar-refractivity contribution in [2.75, 3.05) is 18.0 Å². The fraction of sp³-hybridized carbons (Fsp3) is 0.235. The molecule has 0 aliphatic carbocycles. The van der Waals surface area contributed by atoms with Crippen molar-refractivity contribution < 1.29 is 22.9 Å². The second-order valence-electron chi connectivity index (χ2n) is 5.33. The van der Waals surface area contributed by atoms with Crippen molar-refractivity contribution in [3.05, 3.63) is 64.2 Å². The molecule has 0 radical (unpaired) electrons. The van der Waals surface area contributed by atoms with E-state index < -0.39 is 38.0 Å². The zero-order valence-corrected chi connectivity index (χ0v) is 15.1. The standard InChI is InChI=1S/C17H18N2O6S/c1-3-13-8-10-14(11-9-13)18(12-17(20)25-2)26(23,24)16-7-5-4-6-15(16)19(21)22/h4-11H,3,12H2,1-2H3. The lowest BCUT2D eigenvalue weighted by molar-refractivity contribution is -0.387. The third kappa shape index (κ3) is 3.99. The molecule has 9 heteroatoms. The number of ether oxygens (including phenoxy) is 1. The molecule has 138 valence electrons. The Kier molecular flexibility index (Phi) is 5.93. The summed E-state index contributed by atoms with van der Waals surface area (Å²) < 4.78 is 31.5. The number of esters is 1. The van der Waals surface area contributed by atoms with E-state index in [1.165, 1.54) is 12.1 Å². The number of nitrogens with zero attached hydrogens (tertiary/aromatic N) is 2. The van der Waals surface area contributed by atoms with Gasteiger partial charge in [-0.05, 0) is 30.2 Å². The number of carbonyl (C=O) groups excluding carboxylic acids is 1. The summed E-state index contributed by atoms with van der Waals surface area (Å²) in [5, 5.41) is 11.2. The van der Waals surface area contributed by atoms with Crippen LogP contribution in [0.25, 0.3) is 0 Å². The lowest BCUT2D eigenvalue weighted by Gasteiger charge is -2.23. The number of hydrogen-bond donors (Lipinski definition) is 0. The minimum atomic E-state index is -4.36. The van der Waals surface area contributed by atoms with E-state index in [1.54, 1.807) is 24.3 Å². The average Bonchev–Trinajstić information content (AvgIpc) is 2.65. The van der Waals surface area contributed by atoms with Gasteiger partial charge in [-0.2, -0.15) is 0 Å². The second-order valence-corrected chi connectivity index (χ2v) is 7.16. The first-order valence-corrected chi connectivity index (χ1v) is 9.17. The van der Waals surface area contributed by atoms with Gasteiger partial charge in [0.15, 0.2) is 4.90 Å². The van der Waals surface area contributed by atoms with Crippen molar-refractivity contribution >= 4 is 27.4 Å². The van der Waals surface area contributed by atoms with Gasteiger partial charge in [-0.1, -0.05) is 31.2 Å². The third-order valence-corrected chi connectivity index (χ3v) is 5.58. The quantitative estimate of drug-likeness (QED) is 0.416. The lowest BCUT2D eigenvalue weighted by Crippen LogP contribution is -2.36. The van der Waals surface area contributed by atoms with Crippen molar-refractivity contribution in [3.8, 4) is 0 Å². The van der Waals surface area contributed by atoms with Crippen LogP contribution in [0.3, 0.4) is 0 Å². The summed E-state index contributed by atoms with van der Waals surface area (Å²) >= 11 is 0. The summed E-state index contributed by atoms with van der Waals surface area (Å²) in [5.74, 6) is -0.785. The van der Waals surface area contributed by atoms with E-state index in [-0.39, 0.29) is 5.69 Å².